The van der Waals surface area contributed by atoms with Crippen LogP contribution < -0.4 is 17.0 Å². The molecule has 146 valence electrons. The monoisotopic (exact) mass is 469 g/mol. The van der Waals surface area contributed by atoms with Gasteiger partial charge in [0.25, 0.3) is 6.33 Å². The van der Waals surface area contributed by atoms with Crippen LogP contribution >= 0.6 is 15.9 Å². The Labute approximate surface area is 181 Å². The zero-order chi connectivity index (χ0) is 19.4. The summed E-state index contributed by atoms with van der Waals surface area (Å²) in [6, 6.07) is 16.2. The number of para-hydroxylation sites is 1. The van der Waals surface area contributed by atoms with Crippen LogP contribution in [0.2, 0.25) is 0 Å². The Balaban J connectivity index is 0.00000205. The van der Waals surface area contributed by atoms with Crippen LogP contribution in [0.1, 0.15) is 16.1 Å². The molecule has 7 heteroatoms. The van der Waals surface area contributed by atoms with E-state index in [4.69, 9.17) is 4.74 Å². The van der Waals surface area contributed by atoms with Crippen molar-refractivity contribution in [2.75, 3.05) is 7.11 Å². The van der Waals surface area contributed by atoms with Crippen molar-refractivity contribution in [2.24, 2.45) is 0 Å². The van der Waals surface area contributed by atoms with E-state index in [0.29, 0.717) is 5.69 Å². The fourth-order valence-corrected chi connectivity index (χ4v) is 4.43. The van der Waals surface area contributed by atoms with Gasteiger partial charge in [-0.1, -0.05) is 24.3 Å². The number of hydrogen-bond acceptors (Lipinski definition) is 2. The molecule has 2 aromatic carbocycles. The first kappa shape index (κ1) is 19.5. The molecule has 0 saturated heterocycles. The molecule has 0 unspecified atom stereocenters. The van der Waals surface area contributed by atoms with E-state index in [0.717, 1.165) is 37.5 Å². The highest BCUT2D eigenvalue weighted by Gasteiger charge is 2.24. The first-order chi connectivity index (χ1) is 13.6. The van der Waals surface area contributed by atoms with Crippen LogP contribution in [-0.2, 0) is 4.74 Å². The Morgan fingerprint density at radius 3 is 2.69 bits per heavy atom. The lowest BCUT2D eigenvalue weighted by Gasteiger charge is -2.00. The van der Waals surface area contributed by atoms with E-state index in [1.807, 2.05) is 45.8 Å². The molecule has 0 fully saturated rings. The smallest absolute Gasteiger partial charge is 0.378 e. The Kier molecular flexibility index (Phi) is 4.84. The number of H-pyrrole nitrogens is 1. The molecule has 0 saturated carbocycles. The van der Waals surface area contributed by atoms with Gasteiger partial charge in [-0.05, 0) is 46.6 Å². The largest absolute Gasteiger partial charge is 1.00 e. The molecule has 5 rings (SSSR count). The molecule has 0 aliphatic carbocycles. The van der Waals surface area contributed by atoms with Crippen molar-refractivity contribution in [3.8, 4) is 5.69 Å². The average Bonchev–Trinajstić information content (AvgIpc) is 3.28. The number of aryl methyl sites for hydroxylation is 1. The SMILES string of the molecule is COC(=O)c1cc2c3ccccc3[nH]c2c2c[n+](-c3ccc(C)cc3Br)cn12.[Cl-]. The molecule has 0 aliphatic rings. The molecule has 3 heterocycles. The lowest BCUT2D eigenvalue weighted by atomic mass is 10.1. The van der Waals surface area contributed by atoms with Crippen LogP contribution in [0.15, 0.2) is 65.5 Å². The number of halogens is 2. The van der Waals surface area contributed by atoms with Gasteiger partial charge < -0.3 is 22.1 Å². The van der Waals surface area contributed by atoms with Crippen LogP contribution in [0, 0.1) is 6.92 Å². The number of nitrogens with zero attached hydrogens (tertiary/aromatic N) is 2. The standard InChI is InChI=1S/C22H16BrN3O2.ClH/c1-13-7-8-18(16(23)9-13)25-11-20-21-15(14-5-3-4-6-17(14)24-21)10-19(22(27)28-2)26(20)12-25;/h3-12H,1-2H3;1H. The molecule has 29 heavy (non-hydrogen) atoms. The number of fused-ring (bicyclic) bond motifs is 5. The Morgan fingerprint density at radius 1 is 1.14 bits per heavy atom. The number of methoxy groups -OCH3 is 1. The Bertz CT molecular complexity index is 1400. The quantitative estimate of drug-likeness (QED) is 0.315. The molecule has 0 spiro atoms. The lowest BCUT2D eigenvalue weighted by Crippen LogP contribution is -3.00. The molecule has 5 aromatic rings. The number of ether oxygens (including phenoxy) is 1. The summed E-state index contributed by atoms with van der Waals surface area (Å²) in [5.41, 5.74) is 5.57. The van der Waals surface area contributed by atoms with Crippen molar-refractivity contribution in [3.63, 3.8) is 0 Å². The van der Waals surface area contributed by atoms with Crippen LogP contribution in [0.25, 0.3) is 33.0 Å². The minimum atomic E-state index is -0.372. The fourth-order valence-electron chi connectivity index (χ4n) is 3.73. The molecule has 0 aliphatic heterocycles. The predicted molar refractivity (Wildman–Crippen MR) is 112 cm³/mol. The average molecular weight is 471 g/mol. The van der Waals surface area contributed by atoms with Crippen LogP contribution in [0.3, 0.4) is 0 Å². The number of benzene rings is 2. The topological polar surface area (TPSA) is 50.4 Å². The summed E-state index contributed by atoms with van der Waals surface area (Å²) in [7, 11) is 1.40. The van der Waals surface area contributed by atoms with E-state index in [9.17, 15) is 4.79 Å². The maximum absolute atomic E-state index is 12.5. The first-order valence-corrected chi connectivity index (χ1v) is 9.68. The van der Waals surface area contributed by atoms with Gasteiger partial charge in [0.1, 0.15) is 11.9 Å². The number of carbonyl (C=O) groups is 1. The predicted octanol–water partition coefficient (Wildman–Crippen LogP) is 1.71. The van der Waals surface area contributed by atoms with E-state index in [2.05, 4.69) is 52.1 Å². The van der Waals surface area contributed by atoms with Crippen molar-refractivity contribution in [1.82, 2.24) is 9.38 Å². The van der Waals surface area contributed by atoms with Gasteiger partial charge in [0.15, 0.2) is 5.52 Å². The highest BCUT2D eigenvalue weighted by Crippen LogP contribution is 2.30. The lowest BCUT2D eigenvalue weighted by molar-refractivity contribution is -0.594. The second-order valence-electron chi connectivity index (χ2n) is 6.84. The van der Waals surface area contributed by atoms with E-state index in [-0.39, 0.29) is 18.4 Å². The van der Waals surface area contributed by atoms with Crippen LogP contribution in [0.4, 0.5) is 0 Å². The van der Waals surface area contributed by atoms with E-state index < -0.39 is 0 Å². The zero-order valence-electron chi connectivity index (χ0n) is 15.7. The first-order valence-electron chi connectivity index (χ1n) is 8.88. The van der Waals surface area contributed by atoms with Crippen LogP contribution in [-0.4, -0.2) is 22.5 Å². The second kappa shape index (κ2) is 7.21. The highest BCUT2D eigenvalue weighted by atomic mass is 79.9. The summed E-state index contributed by atoms with van der Waals surface area (Å²) in [5.74, 6) is -0.372. The highest BCUT2D eigenvalue weighted by molar-refractivity contribution is 9.10. The Hall–Kier alpha value is -2.83. The van der Waals surface area contributed by atoms with Crippen molar-refractivity contribution in [1.29, 1.82) is 0 Å². The van der Waals surface area contributed by atoms with Crippen molar-refractivity contribution in [2.45, 2.75) is 6.92 Å². The summed E-state index contributed by atoms with van der Waals surface area (Å²) in [4.78, 5) is 16.0. The Morgan fingerprint density at radius 2 is 1.93 bits per heavy atom. The number of hydrogen-bond donors (Lipinski definition) is 1. The number of nitrogens with one attached hydrogen (secondary N) is 1. The van der Waals surface area contributed by atoms with Gasteiger partial charge in [0, 0.05) is 22.4 Å². The van der Waals surface area contributed by atoms with Crippen molar-refractivity contribution < 1.29 is 26.5 Å². The minimum absolute atomic E-state index is 0. The molecular weight excluding hydrogens is 454 g/mol. The number of imidazole rings is 1. The number of aromatic nitrogens is 3. The number of carbonyl (C=O) groups excluding carboxylic acids is 1. The summed E-state index contributed by atoms with van der Waals surface area (Å²) in [6.45, 7) is 2.05. The summed E-state index contributed by atoms with van der Waals surface area (Å²) in [5, 5.41) is 2.08. The third-order valence-corrected chi connectivity index (χ3v) is 5.71. The van der Waals surface area contributed by atoms with Crippen LogP contribution in [0.5, 0.6) is 0 Å². The summed E-state index contributed by atoms with van der Waals surface area (Å²) < 4.78 is 9.92. The third-order valence-electron chi connectivity index (χ3n) is 5.08. The van der Waals surface area contributed by atoms with Gasteiger partial charge in [-0.15, -0.1) is 0 Å². The van der Waals surface area contributed by atoms with E-state index in [1.165, 1.54) is 12.7 Å². The third kappa shape index (κ3) is 2.99. The van der Waals surface area contributed by atoms with Crippen molar-refractivity contribution in [3.05, 3.63) is 76.8 Å². The maximum atomic E-state index is 12.5. The molecule has 5 nitrogen and oxygen atoms in total. The van der Waals surface area contributed by atoms with Gasteiger partial charge in [-0.2, -0.15) is 4.40 Å². The zero-order valence-corrected chi connectivity index (χ0v) is 18.1. The van der Waals surface area contributed by atoms with Gasteiger partial charge in [-0.25, -0.2) is 9.36 Å². The number of esters is 1. The molecule has 0 bridgehead atoms. The second-order valence-corrected chi connectivity index (χ2v) is 7.70. The molecule has 0 atom stereocenters. The fraction of sp³-hybridized carbons (Fsp3) is 0.0909. The molecule has 1 N–H and O–H groups in total. The summed E-state index contributed by atoms with van der Waals surface area (Å²) >= 11 is 3.65. The number of rotatable bonds is 2. The molecular formula is C22H17BrClN3O2. The molecule has 0 amide bonds. The summed E-state index contributed by atoms with van der Waals surface area (Å²) in [6.07, 6.45) is 3.93. The van der Waals surface area contributed by atoms with E-state index in [1.54, 1.807) is 0 Å². The minimum Gasteiger partial charge on any atom is -1.00 e. The number of pyridine rings is 1. The van der Waals surface area contributed by atoms with Crippen molar-refractivity contribution >= 4 is 49.2 Å². The van der Waals surface area contributed by atoms with Gasteiger partial charge >= 0.3 is 5.97 Å². The normalized spacial score (nSPS) is 11.1. The van der Waals surface area contributed by atoms with Gasteiger partial charge in [0.05, 0.1) is 17.1 Å². The maximum Gasteiger partial charge on any atom is 0.378 e. The number of aromatic amines is 1. The van der Waals surface area contributed by atoms with E-state index >= 15 is 0 Å². The molecule has 3 aromatic heterocycles. The van der Waals surface area contributed by atoms with Gasteiger partial charge in [0.2, 0.25) is 5.69 Å². The molecule has 0 radical (unpaired) electrons. The van der Waals surface area contributed by atoms with Gasteiger partial charge in [-0.3, -0.25) is 0 Å².